The predicted molar refractivity (Wildman–Crippen MR) is 230 cm³/mol. The van der Waals surface area contributed by atoms with E-state index in [1.807, 2.05) is 0 Å². The number of primary amides is 1. The molecule has 1 rings (SSSR count). The first-order valence-corrected chi connectivity index (χ1v) is 20.7. The lowest BCUT2D eigenvalue weighted by Crippen LogP contribution is -2.62. The summed E-state index contributed by atoms with van der Waals surface area (Å²) in [6.07, 6.45) is 0.0891. The van der Waals surface area contributed by atoms with Crippen LogP contribution in [0, 0.1) is 11.8 Å². The van der Waals surface area contributed by atoms with Gasteiger partial charge in [-0.05, 0) is 44.4 Å². The van der Waals surface area contributed by atoms with Crippen LogP contribution in [0.25, 0.3) is 0 Å². The Hall–Kier alpha value is -6.45. The molecule has 8 amide bonds. The molecule has 20 N–H and O–H groups in total. The average molecular weight is 927 g/mol. The fraction of sp³-hybridized carbons (Fsp3) is 0.658. The lowest BCUT2D eigenvalue weighted by Gasteiger charge is -2.29. The normalized spacial score (nSPS) is 15.3. The van der Waals surface area contributed by atoms with Gasteiger partial charge in [0.25, 0.3) is 0 Å². The Kier molecular flexibility index (Phi) is 24.7. The number of aliphatic imine (C=N–C) groups is 1. The number of carbonyl (C=O) groups is 9. The number of hydrogen-bond acceptors (Lipinski definition) is 15. The highest BCUT2D eigenvalue weighted by Gasteiger charge is 2.36. The molecule has 1 heterocycles. The number of hydrogen-bond donors (Lipinski definition) is 16. The summed E-state index contributed by atoms with van der Waals surface area (Å²) in [5, 5.41) is 56.2. The fourth-order valence-electron chi connectivity index (χ4n) is 5.97. The van der Waals surface area contributed by atoms with Gasteiger partial charge in [-0.1, -0.05) is 27.7 Å². The highest BCUT2D eigenvalue weighted by atomic mass is 16.4. The molecule has 27 heteroatoms. The summed E-state index contributed by atoms with van der Waals surface area (Å²) in [6.45, 7) is 6.21. The summed E-state index contributed by atoms with van der Waals surface area (Å²) in [4.78, 5) is 127. The number of rotatable bonds is 30. The molecule has 9 atom stereocenters. The van der Waals surface area contributed by atoms with Crippen molar-refractivity contribution in [1.82, 2.24) is 47.2 Å². The minimum absolute atomic E-state index is 0.000290. The van der Waals surface area contributed by atoms with E-state index in [-0.39, 0.29) is 56.4 Å². The zero-order valence-electron chi connectivity index (χ0n) is 37.0. The third-order valence-electron chi connectivity index (χ3n) is 9.30. The Balaban J connectivity index is 3.33. The van der Waals surface area contributed by atoms with Crippen molar-refractivity contribution in [2.24, 2.45) is 39.8 Å². The molecule has 366 valence electrons. The number of aromatic amines is 1. The molecule has 0 aromatic carbocycles. The number of H-pyrrole nitrogens is 1. The number of carboxylic acid groups (broad SMARTS) is 1. The third-order valence-corrected chi connectivity index (χ3v) is 9.30. The van der Waals surface area contributed by atoms with E-state index in [1.165, 1.54) is 12.5 Å². The zero-order valence-corrected chi connectivity index (χ0v) is 37.0. The molecule has 0 radical (unpaired) electrons. The van der Waals surface area contributed by atoms with Gasteiger partial charge < -0.3 is 85.6 Å². The largest absolute Gasteiger partial charge is 0.480 e. The van der Waals surface area contributed by atoms with Crippen molar-refractivity contribution in [3.05, 3.63) is 18.2 Å². The quantitative estimate of drug-likeness (QED) is 0.0194. The number of aliphatic hydroxyl groups excluding tert-OH is 3. The Morgan fingerprint density at radius 1 is 0.662 bits per heavy atom. The standard InChI is InChI=1S/C38H66N14O13/c1-17(2)9-23(33(60)50-26(37(64)65)12-28(40)56)48-32(59)24(10-18(3)4)49-36(63)29(19(5)55)52-35(62)27(15-54)51-31(58)22(7-6-8-44-38(41)42)46-34(61)25(11-20-13-43-16-45-20)47-30(57)21(39)14-53/h13,16-19,21-27,29,53-55H,6-12,14-15,39H2,1-5H3,(H2,40,56)(H,43,45)(H,46,61)(H,47,57)(H,48,59)(H,49,63)(H,50,60)(H,51,58)(H,52,62)(H,64,65)(H4,41,42,44)/t19-,21+,22+,23+,24+,25+,26+,27+,29+/m1/s1. The second-order valence-corrected chi connectivity index (χ2v) is 16.1. The number of guanidine groups is 1. The molecule has 0 saturated heterocycles. The Bertz CT molecular complexity index is 1790. The maximum Gasteiger partial charge on any atom is 0.326 e. The van der Waals surface area contributed by atoms with Gasteiger partial charge in [-0.3, -0.25) is 43.3 Å². The number of carboxylic acids is 1. The molecule has 0 bridgehead atoms. The molecule has 0 saturated carbocycles. The number of nitrogens with two attached hydrogens (primary N) is 4. The summed E-state index contributed by atoms with van der Waals surface area (Å²) < 4.78 is 0. The van der Waals surface area contributed by atoms with Gasteiger partial charge in [-0.2, -0.15) is 0 Å². The van der Waals surface area contributed by atoms with Crippen LogP contribution >= 0.6 is 0 Å². The van der Waals surface area contributed by atoms with E-state index in [4.69, 9.17) is 22.9 Å². The van der Waals surface area contributed by atoms with Gasteiger partial charge >= 0.3 is 5.97 Å². The van der Waals surface area contributed by atoms with E-state index in [0.717, 1.165) is 6.92 Å². The number of aromatic nitrogens is 2. The number of amides is 8. The van der Waals surface area contributed by atoms with Crippen LogP contribution in [-0.4, -0.2) is 164 Å². The summed E-state index contributed by atoms with van der Waals surface area (Å²) in [5.74, 6) is -10.2. The Morgan fingerprint density at radius 2 is 1.14 bits per heavy atom. The number of aliphatic carboxylic acids is 1. The molecule has 0 spiro atoms. The number of aliphatic hydroxyl groups is 3. The monoisotopic (exact) mass is 926 g/mol. The van der Waals surface area contributed by atoms with E-state index in [2.05, 4.69) is 52.2 Å². The number of carbonyl (C=O) groups excluding carboxylic acids is 8. The van der Waals surface area contributed by atoms with Crippen molar-refractivity contribution in [1.29, 1.82) is 0 Å². The van der Waals surface area contributed by atoms with Gasteiger partial charge in [-0.15, -0.1) is 0 Å². The molecular formula is C38H66N14O13. The van der Waals surface area contributed by atoms with Crippen LogP contribution in [0.2, 0.25) is 0 Å². The van der Waals surface area contributed by atoms with Crippen LogP contribution in [0.5, 0.6) is 0 Å². The highest BCUT2D eigenvalue weighted by molar-refractivity contribution is 5.98. The maximum atomic E-state index is 13.7. The first-order valence-electron chi connectivity index (χ1n) is 20.7. The molecule has 0 aliphatic heterocycles. The van der Waals surface area contributed by atoms with Crippen LogP contribution in [0.15, 0.2) is 17.5 Å². The topological polar surface area (TPSA) is 464 Å². The van der Waals surface area contributed by atoms with Gasteiger partial charge in [-0.25, -0.2) is 9.78 Å². The van der Waals surface area contributed by atoms with Crippen molar-refractivity contribution >= 4 is 59.2 Å². The van der Waals surface area contributed by atoms with Gasteiger partial charge in [0, 0.05) is 24.9 Å². The van der Waals surface area contributed by atoms with E-state index >= 15 is 0 Å². The van der Waals surface area contributed by atoms with Crippen LogP contribution < -0.4 is 60.2 Å². The van der Waals surface area contributed by atoms with E-state index < -0.39 is 127 Å². The van der Waals surface area contributed by atoms with E-state index in [1.54, 1.807) is 27.7 Å². The maximum absolute atomic E-state index is 13.7. The first kappa shape index (κ1) is 56.6. The Labute approximate surface area is 374 Å². The number of imidazole rings is 1. The van der Waals surface area contributed by atoms with Crippen molar-refractivity contribution in [2.45, 2.75) is 128 Å². The van der Waals surface area contributed by atoms with Crippen LogP contribution in [0.4, 0.5) is 0 Å². The van der Waals surface area contributed by atoms with Crippen molar-refractivity contribution in [3.63, 3.8) is 0 Å². The van der Waals surface area contributed by atoms with Gasteiger partial charge in [0.05, 0.1) is 32.1 Å². The van der Waals surface area contributed by atoms with Crippen molar-refractivity contribution in [2.75, 3.05) is 19.8 Å². The molecule has 0 aliphatic carbocycles. The van der Waals surface area contributed by atoms with Crippen LogP contribution in [0.1, 0.15) is 72.4 Å². The van der Waals surface area contributed by atoms with E-state index in [0.29, 0.717) is 5.69 Å². The molecular weight excluding hydrogens is 861 g/mol. The third kappa shape index (κ3) is 21.2. The van der Waals surface area contributed by atoms with E-state index in [9.17, 15) is 63.6 Å². The number of nitrogens with zero attached hydrogens (tertiary/aromatic N) is 2. The smallest absolute Gasteiger partial charge is 0.326 e. The molecule has 0 unspecified atom stereocenters. The molecule has 0 fully saturated rings. The summed E-state index contributed by atoms with van der Waals surface area (Å²) in [7, 11) is 0. The SMILES string of the molecule is CC(C)C[C@H](NC(=O)[C@H](CC(C)C)NC(=O)[C@@H](NC(=O)[C@H](CO)NC(=O)[C@H](CCCN=C(N)N)NC(=O)[C@H](Cc1cnc[nH]1)NC(=O)[C@@H](N)CO)[C@@H](C)O)C(=O)N[C@@H](CC(N)=O)C(=O)O. The van der Waals surface area contributed by atoms with Gasteiger partial charge in [0.2, 0.25) is 47.3 Å². The minimum atomic E-state index is -1.80. The summed E-state index contributed by atoms with van der Waals surface area (Å²) >= 11 is 0. The molecule has 65 heavy (non-hydrogen) atoms. The second-order valence-electron chi connectivity index (χ2n) is 16.1. The fourth-order valence-corrected chi connectivity index (χ4v) is 5.97. The average Bonchev–Trinajstić information content (AvgIpc) is 3.73. The summed E-state index contributed by atoms with van der Waals surface area (Å²) in [5.41, 5.74) is 21.9. The van der Waals surface area contributed by atoms with Crippen LogP contribution in [0.3, 0.4) is 0 Å². The van der Waals surface area contributed by atoms with Crippen molar-refractivity contribution in [3.8, 4) is 0 Å². The molecule has 1 aromatic rings. The zero-order chi connectivity index (χ0) is 49.6. The second kappa shape index (κ2) is 28.4. The minimum Gasteiger partial charge on any atom is -0.480 e. The summed E-state index contributed by atoms with van der Waals surface area (Å²) in [6, 6.07) is -12.2. The van der Waals surface area contributed by atoms with Gasteiger partial charge in [0.1, 0.15) is 48.3 Å². The molecule has 27 nitrogen and oxygen atoms in total. The number of nitrogens with one attached hydrogen (secondary N) is 8. The highest BCUT2D eigenvalue weighted by Crippen LogP contribution is 2.11. The first-order chi connectivity index (χ1) is 30.4. The van der Waals surface area contributed by atoms with Gasteiger partial charge in [0.15, 0.2) is 5.96 Å². The molecule has 1 aromatic heterocycles. The lowest BCUT2D eigenvalue weighted by molar-refractivity contribution is -0.144. The Morgan fingerprint density at radius 3 is 1.60 bits per heavy atom. The molecule has 0 aliphatic rings. The lowest BCUT2D eigenvalue weighted by atomic mass is 9.99. The predicted octanol–water partition coefficient (Wildman–Crippen LogP) is -6.86. The van der Waals surface area contributed by atoms with Crippen LogP contribution in [-0.2, 0) is 49.6 Å². The van der Waals surface area contributed by atoms with Crippen molar-refractivity contribution < 1.29 is 63.6 Å².